The molecule has 2 atom stereocenters. The first-order chi connectivity index (χ1) is 13.3. The van der Waals surface area contributed by atoms with Gasteiger partial charge in [0.15, 0.2) is 0 Å². The van der Waals surface area contributed by atoms with Gasteiger partial charge in [-0.25, -0.2) is 0 Å². The lowest BCUT2D eigenvalue weighted by molar-refractivity contribution is -0.0439. The molecule has 2 aromatic carbocycles. The molecule has 5 nitrogen and oxygen atoms in total. The highest BCUT2D eigenvalue weighted by Gasteiger charge is 2.51. The van der Waals surface area contributed by atoms with E-state index in [2.05, 4.69) is 12.1 Å². The third-order valence-corrected chi connectivity index (χ3v) is 5.93. The van der Waals surface area contributed by atoms with Crippen molar-refractivity contribution in [1.29, 1.82) is 0 Å². The summed E-state index contributed by atoms with van der Waals surface area (Å²) in [6.45, 7) is 6.79. The number of fused-ring (bicyclic) bond motifs is 1. The summed E-state index contributed by atoms with van der Waals surface area (Å²) in [7, 11) is 0. The number of nitrogens with zero attached hydrogens (tertiary/aromatic N) is 1. The smallest absolute Gasteiger partial charge is 0.253 e. The summed E-state index contributed by atoms with van der Waals surface area (Å²) >= 11 is 0. The van der Waals surface area contributed by atoms with Crippen LogP contribution in [0.2, 0.25) is 0 Å². The van der Waals surface area contributed by atoms with Crippen LogP contribution in [0.15, 0.2) is 48.5 Å². The van der Waals surface area contributed by atoms with E-state index in [1.807, 2.05) is 42.2 Å². The van der Waals surface area contributed by atoms with Gasteiger partial charge in [0, 0.05) is 18.5 Å². The number of piperidine rings is 1. The minimum absolute atomic E-state index is 0.0115. The molecule has 0 radical (unpaired) electrons. The van der Waals surface area contributed by atoms with Crippen LogP contribution < -0.4 is 0 Å². The molecule has 2 aromatic rings. The van der Waals surface area contributed by atoms with Crippen LogP contribution in [0.5, 0.6) is 0 Å². The summed E-state index contributed by atoms with van der Waals surface area (Å²) < 4.78 is 11.9. The minimum atomic E-state index is -0.929. The largest absolute Gasteiger partial charge is 0.386 e. The van der Waals surface area contributed by atoms with Gasteiger partial charge in [-0.05, 0) is 49.6 Å². The first kappa shape index (κ1) is 19.1. The number of hydrogen-bond acceptors (Lipinski definition) is 4. The van der Waals surface area contributed by atoms with Crippen LogP contribution in [0.4, 0.5) is 0 Å². The highest BCUT2D eigenvalue weighted by atomic mass is 16.7. The minimum Gasteiger partial charge on any atom is -0.386 e. The molecule has 2 aliphatic rings. The lowest BCUT2D eigenvalue weighted by Crippen LogP contribution is -2.53. The molecule has 2 saturated heterocycles. The van der Waals surface area contributed by atoms with Crippen LogP contribution in [0.1, 0.15) is 47.3 Å². The van der Waals surface area contributed by atoms with E-state index in [1.165, 1.54) is 0 Å². The van der Waals surface area contributed by atoms with Crippen molar-refractivity contribution in [2.24, 2.45) is 0 Å². The van der Waals surface area contributed by atoms with Crippen molar-refractivity contribution in [3.63, 3.8) is 0 Å². The van der Waals surface area contributed by atoms with Crippen molar-refractivity contribution >= 4 is 5.91 Å². The molecular weight excluding hydrogens is 354 g/mol. The Morgan fingerprint density at radius 1 is 1.21 bits per heavy atom. The van der Waals surface area contributed by atoms with Gasteiger partial charge < -0.3 is 19.5 Å². The fourth-order valence-corrected chi connectivity index (χ4v) is 4.46. The van der Waals surface area contributed by atoms with Gasteiger partial charge in [-0.2, -0.15) is 0 Å². The summed E-state index contributed by atoms with van der Waals surface area (Å²) in [5, 5.41) is 10.3. The summed E-state index contributed by atoms with van der Waals surface area (Å²) in [5.41, 5.74) is 2.08. The van der Waals surface area contributed by atoms with Gasteiger partial charge in [0.1, 0.15) is 18.5 Å². The number of benzene rings is 2. The quantitative estimate of drug-likeness (QED) is 0.886. The second-order valence-corrected chi connectivity index (χ2v) is 8.26. The predicted molar refractivity (Wildman–Crippen MR) is 106 cm³/mol. The Kier molecular flexibility index (Phi) is 4.78. The predicted octanol–water partition coefficient (Wildman–Crippen LogP) is 3.34. The maximum Gasteiger partial charge on any atom is 0.253 e. The molecule has 0 unspecified atom stereocenters. The van der Waals surface area contributed by atoms with Gasteiger partial charge in [0.25, 0.3) is 5.91 Å². The third kappa shape index (κ3) is 3.24. The number of hydrogen-bond donors (Lipinski definition) is 1. The number of carbonyl (C=O) groups excluding carboxylic acids is 1. The van der Waals surface area contributed by atoms with Crippen molar-refractivity contribution in [3.05, 3.63) is 70.8 Å². The van der Waals surface area contributed by atoms with E-state index in [0.29, 0.717) is 25.1 Å². The van der Waals surface area contributed by atoms with Gasteiger partial charge in [-0.1, -0.05) is 36.4 Å². The molecule has 148 valence electrons. The van der Waals surface area contributed by atoms with Crippen LogP contribution in [0.3, 0.4) is 0 Å². The molecule has 0 aliphatic carbocycles. The van der Waals surface area contributed by atoms with Gasteiger partial charge >= 0.3 is 0 Å². The van der Waals surface area contributed by atoms with E-state index in [4.69, 9.17) is 9.47 Å². The number of rotatable bonds is 3. The molecule has 2 heterocycles. The molecule has 0 bridgehead atoms. The fraction of sp³-hybridized carbons (Fsp3) is 0.435. The highest BCUT2D eigenvalue weighted by Crippen LogP contribution is 2.42. The molecular formula is C23H27NO4. The lowest BCUT2D eigenvalue weighted by atomic mass is 9.82. The normalized spacial score (nSPS) is 24.9. The monoisotopic (exact) mass is 381 g/mol. The number of ether oxygens (including phenoxy) is 2. The summed E-state index contributed by atoms with van der Waals surface area (Å²) in [5.74, 6) is -0.0115. The third-order valence-electron chi connectivity index (χ3n) is 5.93. The van der Waals surface area contributed by atoms with E-state index in [9.17, 15) is 9.90 Å². The topological polar surface area (TPSA) is 59.0 Å². The maximum absolute atomic E-state index is 13.1. The number of amides is 1. The Morgan fingerprint density at radius 3 is 2.64 bits per heavy atom. The molecule has 0 saturated carbocycles. The number of aryl methyl sites for hydroxylation is 1. The van der Waals surface area contributed by atoms with E-state index in [1.54, 1.807) is 19.9 Å². The highest BCUT2D eigenvalue weighted by molar-refractivity contribution is 5.94. The van der Waals surface area contributed by atoms with E-state index in [0.717, 1.165) is 16.7 Å². The molecule has 28 heavy (non-hydrogen) atoms. The fourth-order valence-electron chi connectivity index (χ4n) is 4.46. The number of aliphatic hydroxyl groups is 1. The Morgan fingerprint density at radius 2 is 1.96 bits per heavy atom. The van der Waals surface area contributed by atoms with Crippen LogP contribution in [0, 0.1) is 6.92 Å². The molecule has 5 heteroatoms. The Balaban J connectivity index is 1.55. The van der Waals surface area contributed by atoms with E-state index < -0.39 is 11.2 Å². The molecule has 0 spiro atoms. The number of likely N-dealkylation sites (tertiary alicyclic amines) is 1. The zero-order valence-electron chi connectivity index (χ0n) is 16.6. The van der Waals surface area contributed by atoms with E-state index in [-0.39, 0.29) is 18.8 Å². The van der Waals surface area contributed by atoms with E-state index >= 15 is 0 Å². The van der Waals surface area contributed by atoms with Crippen molar-refractivity contribution in [1.82, 2.24) is 4.90 Å². The van der Waals surface area contributed by atoms with Gasteiger partial charge in [-0.15, -0.1) is 0 Å². The molecule has 1 amide bonds. The molecule has 4 rings (SSSR count). The van der Waals surface area contributed by atoms with Crippen molar-refractivity contribution in [2.45, 2.75) is 44.5 Å². The zero-order chi connectivity index (χ0) is 19.9. The SMILES string of the molecule is Cc1cc(C(=O)N2CC[C@]3(c4ccccc4)OCO[C@@H]3C2)ccc1C(C)(C)O. The zero-order valence-corrected chi connectivity index (χ0v) is 16.6. The molecule has 2 fully saturated rings. The lowest BCUT2D eigenvalue weighted by Gasteiger charge is -2.42. The molecule has 1 N–H and O–H groups in total. The summed E-state index contributed by atoms with van der Waals surface area (Å²) in [6, 6.07) is 15.6. The first-order valence-electron chi connectivity index (χ1n) is 9.75. The Hall–Kier alpha value is -2.21. The molecule has 2 aliphatic heterocycles. The van der Waals surface area contributed by atoms with Crippen LogP contribution in [-0.4, -0.2) is 41.9 Å². The number of carbonyl (C=O) groups is 1. The average molecular weight is 381 g/mol. The average Bonchev–Trinajstić information content (AvgIpc) is 3.11. The summed E-state index contributed by atoms with van der Waals surface area (Å²) in [4.78, 5) is 15.0. The standard InChI is InChI=1S/C23H27NO4/c1-16-13-17(9-10-19(16)22(2,3)26)21(25)24-12-11-23(18-7-5-4-6-8-18)20(14-24)27-15-28-23/h4-10,13,20,26H,11-12,14-15H2,1-3H3/t20-,23-/m1/s1. The summed E-state index contributed by atoms with van der Waals surface area (Å²) in [6.07, 6.45) is 0.526. The van der Waals surface area contributed by atoms with Crippen molar-refractivity contribution in [3.8, 4) is 0 Å². The first-order valence-corrected chi connectivity index (χ1v) is 9.75. The van der Waals surface area contributed by atoms with Gasteiger partial charge in [-0.3, -0.25) is 4.79 Å². The second-order valence-electron chi connectivity index (χ2n) is 8.26. The van der Waals surface area contributed by atoms with Crippen molar-refractivity contribution in [2.75, 3.05) is 19.9 Å². The van der Waals surface area contributed by atoms with Gasteiger partial charge in [0.2, 0.25) is 0 Å². The van der Waals surface area contributed by atoms with Crippen LogP contribution in [0.25, 0.3) is 0 Å². The van der Waals surface area contributed by atoms with Crippen LogP contribution >= 0.6 is 0 Å². The van der Waals surface area contributed by atoms with Gasteiger partial charge in [0.05, 0.1) is 12.1 Å². The molecule has 0 aromatic heterocycles. The Labute approximate surface area is 165 Å². The Bertz CT molecular complexity index is 874. The van der Waals surface area contributed by atoms with Crippen LogP contribution in [-0.2, 0) is 20.7 Å². The maximum atomic E-state index is 13.1. The van der Waals surface area contributed by atoms with Crippen molar-refractivity contribution < 1.29 is 19.4 Å². The second kappa shape index (κ2) is 6.99.